The number of sulfonamides is 1. The lowest BCUT2D eigenvalue weighted by molar-refractivity contribution is 0.601. The molecule has 2 rings (SSSR count). The van der Waals surface area contributed by atoms with E-state index in [-0.39, 0.29) is 10.6 Å². The van der Waals surface area contributed by atoms with Crippen molar-refractivity contribution in [3.63, 3.8) is 0 Å². The average Bonchev–Trinajstić information content (AvgIpc) is 2.33. The van der Waals surface area contributed by atoms with Gasteiger partial charge in [-0.2, -0.15) is 0 Å². The van der Waals surface area contributed by atoms with Gasteiger partial charge in [0.1, 0.15) is 5.82 Å². The molecule has 0 bridgehead atoms. The van der Waals surface area contributed by atoms with Crippen LogP contribution in [0.1, 0.15) is 0 Å². The lowest BCUT2D eigenvalue weighted by Crippen LogP contribution is -2.13. The molecule has 0 aromatic heterocycles. The molecule has 4 nitrogen and oxygen atoms in total. The van der Waals surface area contributed by atoms with Gasteiger partial charge in [-0.25, -0.2) is 12.8 Å². The van der Waals surface area contributed by atoms with Crippen molar-refractivity contribution < 1.29 is 12.8 Å². The van der Waals surface area contributed by atoms with Gasteiger partial charge in [0.05, 0.1) is 10.6 Å². The largest absolute Gasteiger partial charge is 0.399 e. The first-order chi connectivity index (χ1) is 8.88. The number of hydrogen-bond acceptors (Lipinski definition) is 3. The molecule has 7 heteroatoms. The van der Waals surface area contributed by atoms with E-state index in [2.05, 4.69) is 20.7 Å². The summed E-state index contributed by atoms with van der Waals surface area (Å²) in [5.41, 5.74) is 6.24. The highest BCUT2D eigenvalue weighted by molar-refractivity contribution is 9.10. The van der Waals surface area contributed by atoms with Gasteiger partial charge in [0.15, 0.2) is 0 Å². The van der Waals surface area contributed by atoms with Crippen molar-refractivity contribution in [2.45, 2.75) is 4.90 Å². The molecular weight excluding hydrogens is 335 g/mol. The number of nitrogens with two attached hydrogens (primary N) is 1. The lowest BCUT2D eigenvalue weighted by Gasteiger charge is -2.10. The molecule has 3 N–H and O–H groups in total. The minimum absolute atomic E-state index is 0.0814. The third-order valence-electron chi connectivity index (χ3n) is 2.37. The second-order valence-corrected chi connectivity index (χ2v) is 6.34. The molecule has 0 spiro atoms. The highest BCUT2D eigenvalue weighted by Gasteiger charge is 2.15. The molecule has 2 aromatic rings. The van der Waals surface area contributed by atoms with Crippen LogP contribution in [0.2, 0.25) is 0 Å². The van der Waals surface area contributed by atoms with Crippen LogP contribution in [-0.2, 0) is 10.0 Å². The molecule has 0 aliphatic rings. The van der Waals surface area contributed by atoms with Gasteiger partial charge < -0.3 is 5.73 Å². The fourth-order valence-corrected chi connectivity index (χ4v) is 3.08. The summed E-state index contributed by atoms with van der Waals surface area (Å²) in [7, 11) is -3.72. The Morgan fingerprint density at radius 1 is 1.11 bits per heavy atom. The Labute approximate surface area is 118 Å². The molecule has 0 heterocycles. The van der Waals surface area contributed by atoms with Crippen molar-refractivity contribution in [1.29, 1.82) is 0 Å². The fraction of sp³-hybridized carbons (Fsp3) is 0. The first-order valence-electron chi connectivity index (χ1n) is 5.22. The van der Waals surface area contributed by atoms with Crippen LogP contribution in [0.15, 0.2) is 51.8 Å². The summed E-state index contributed by atoms with van der Waals surface area (Å²) in [5.74, 6) is -0.456. The topological polar surface area (TPSA) is 72.2 Å². The van der Waals surface area contributed by atoms with E-state index >= 15 is 0 Å². The van der Waals surface area contributed by atoms with E-state index in [0.29, 0.717) is 10.2 Å². The maximum absolute atomic E-state index is 12.9. The summed E-state index contributed by atoms with van der Waals surface area (Å²) in [6, 6.07) is 9.48. The Hall–Kier alpha value is -1.60. The summed E-state index contributed by atoms with van der Waals surface area (Å²) < 4.78 is 39.8. The van der Waals surface area contributed by atoms with E-state index in [1.807, 2.05) is 0 Å². The van der Waals surface area contributed by atoms with Crippen LogP contribution in [-0.4, -0.2) is 8.42 Å². The Bertz CT molecular complexity index is 702. The van der Waals surface area contributed by atoms with Crippen LogP contribution < -0.4 is 10.5 Å². The molecule has 0 unspecified atom stereocenters. The number of halogens is 2. The van der Waals surface area contributed by atoms with Crippen molar-refractivity contribution in [3.8, 4) is 0 Å². The molecule has 0 amide bonds. The zero-order valence-electron chi connectivity index (χ0n) is 9.60. The minimum atomic E-state index is -3.72. The van der Waals surface area contributed by atoms with Crippen LogP contribution >= 0.6 is 15.9 Å². The maximum Gasteiger partial charge on any atom is 0.261 e. The summed E-state index contributed by atoms with van der Waals surface area (Å²) in [4.78, 5) is 0.0814. The van der Waals surface area contributed by atoms with E-state index in [4.69, 9.17) is 5.73 Å². The summed E-state index contributed by atoms with van der Waals surface area (Å²) >= 11 is 3.10. The average molecular weight is 345 g/mol. The standard InChI is InChI=1S/C12H10BrFN2O2S/c13-11-7-8(14)1-6-12(11)16-19(17,18)10-4-2-9(15)3-5-10/h1-7,16H,15H2. The first-order valence-corrected chi connectivity index (χ1v) is 7.49. The maximum atomic E-state index is 12.9. The molecule has 0 aliphatic heterocycles. The van der Waals surface area contributed by atoms with Gasteiger partial charge in [-0.15, -0.1) is 0 Å². The molecule has 0 fully saturated rings. The predicted octanol–water partition coefficient (Wildman–Crippen LogP) is 2.97. The molecule has 0 saturated carbocycles. The van der Waals surface area contributed by atoms with Gasteiger partial charge >= 0.3 is 0 Å². The number of nitrogen functional groups attached to an aromatic ring is 1. The van der Waals surface area contributed by atoms with Gasteiger partial charge in [-0.1, -0.05) is 0 Å². The second-order valence-electron chi connectivity index (χ2n) is 3.80. The monoisotopic (exact) mass is 344 g/mol. The molecular formula is C12H10BrFN2O2S. The lowest BCUT2D eigenvalue weighted by atomic mass is 10.3. The van der Waals surface area contributed by atoms with Crippen LogP contribution in [0.5, 0.6) is 0 Å². The highest BCUT2D eigenvalue weighted by Crippen LogP contribution is 2.25. The number of hydrogen-bond donors (Lipinski definition) is 2. The Balaban J connectivity index is 2.33. The quantitative estimate of drug-likeness (QED) is 0.840. The van der Waals surface area contributed by atoms with E-state index in [1.165, 1.54) is 42.5 Å². The van der Waals surface area contributed by atoms with Gasteiger partial charge in [-0.3, -0.25) is 4.72 Å². The normalized spacial score (nSPS) is 11.3. The number of anilines is 2. The number of rotatable bonds is 3. The van der Waals surface area contributed by atoms with Crippen molar-refractivity contribution in [2.24, 2.45) is 0 Å². The smallest absolute Gasteiger partial charge is 0.261 e. The van der Waals surface area contributed by atoms with E-state index < -0.39 is 15.8 Å². The van der Waals surface area contributed by atoms with Crippen LogP contribution in [0, 0.1) is 5.82 Å². The summed E-state index contributed by atoms with van der Waals surface area (Å²) in [6.07, 6.45) is 0. The van der Waals surface area contributed by atoms with Gasteiger partial charge in [0.25, 0.3) is 10.0 Å². The Morgan fingerprint density at radius 2 is 1.74 bits per heavy atom. The fourth-order valence-electron chi connectivity index (χ4n) is 1.42. The Kier molecular flexibility index (Phi) is 3.77. The minimum Gasteiger partial charge on any atom is -0.399 e. The third kappa shape index (κ3) is 3.24. The van der Waals surface area contributed by atoms with E-state index in [0.717, 1.165) is 0 Å². The predicted molar refractivity (Wildman–Crippen MR) is 75.8 cm³/mol. The van der Waals surface area contributed by atoms with E-state index in [1.54, 1.807) is 0 Å². The van der Waals surface area contributed by atoms with Crippen molar-refractivity contribution in [3.05, 3.63) is 52.8 Å². The zero-order valence-corrected chi connectivity index (χ0v) is 12.0. The van der Waals surface area contributed by atoms with Gasteiger partial charge in [-0.05, 0) is 58.4 Å². The van der Waals surface area contributed by atoms with Crippen molar-refractivity contribution in [2.75, 3.05) is 10.5 Å². The first kappa shape index (κ1) is 13.8. The van der Waals surface area contributed by atoms with Crippen LogP contribution in [0.25, 0.3) is 0 Å². The Morgan fingerprint density at radius 3 is 2.32 bits per heavy atom. The summed E-state index contributed by atoms with van der Waals surface area (Å²) in [5, 5.41) is 0. The van der Waals surface area contributed by atoms with Gasteiger partial charge in [0.2, 0.25) is 0 Å². The van der Waals surface area contributed by atoms with Gasteiger partial charge in [0, 0.05) is 10.2 Å². The molecule has 100 valence electrons. The molecule has 19 heavy (non-hydrogen) atoms. The van der Waals surface area contributed by atoms with Crippen molar-refractivity contribution >= 4 is 37.3 Å². The third-order valence-corrected chi connectivity index (χ3v) is 4.40. The zero-order chi connectivity index (χ0) is 14.0. The SMILES string of the molecule is Nc1ccc(S(=O)(=O)Nc2ccc(F)cc2Br)cc1. The number of benzene rings is 2. The molecule has 0 radical (unpaired) electrons. The highest BCUT2D eigenvalue weighted by atomic mass is 79.9. The molecule has 0 aliphatic carbocycles. The van der Waals surface area contributed by atoms with Crippen LogP contribution in [0.3, 0.4) is 0 Å². The molecule has 0 saturated heterocycles. The van der Waals surface area contributed by atoms with Crippen molar-refractivity contribution in [1.82, 2.24) is 0 Å². The van der Waals surface area contributed by atoms with E-state index in [9.17, 15) is 12.8 Å². The summed E-state index contributed by atoms with van der Waals surface area (Å²) in [6.45, 7) is 0. The molecule has 2 aromatic carbocycles. The van der Waals surface area contributed by atoms with Crippen LogP contribution in [0.4, 0.5) is 15.8 Å². The number of nitrogens with one attached hydrogen (secondary N) is 1. The molecule has 0 atom stereocenters. The second kappa shape index (κ2) is 5.18.